The number of rotatable bonds is 4. The minimum Gasteiger partial charge on any atom is -0.465 e. The number of hydrogen-bond donors (Lipinski definition) is 1. The van der Waals surface area contributed by atoms with Gasteiger partial charge in [-0.1, -0.05) is 52.3 Å². The molecule has 24 heavy (non-hydrogen) atoms. The fraction of sp³-hybridized carbons (Fsp3) is 0.0500. The molecule has 0 aliphatic carbocycles. The topological polar surface area (TPSA) is 38.3 Å². The summed E-state index contributed by atoms with van der Waals surface area (Å²) < 4.78 is 5.88. The van der Waals surface area contributed by atoms with E-state index < -0.39 is 0 Å². The standard InChI is InChI=1S/C20H16BrNO2/c1-24-20(23)18-4-2-3-5-19(18)22-17-12-8-15(9-13-17)14-6-10-16(21)11-7-14/h2-13,22H,1H3. The predicted molar refractivity (Wildman–Crippen MR) is 101 cm³/mol. The number of nitrogens with one attached hydrogen (secondary N) is 1. The molecule has 0 aliphatic heterocycles. The number of halogens is 1. The highest BCUT2D eigenvalue weighted by Crippen LogP contribution is 2.26. The minimum absolute atomic E-state index is 0.357. The van der Waals surface area contributed by atoms with Crippen LogP contribution < -0.4 is 5.32 Å². The first kappa shape index (κ1) is 16.3. The summed E-state index contributed by atoms with van der Waals surface area (Å²) >= 11 is 3.44. The van der Waals surface area contributed by atoms with E-state index >= 15 is 0 Å². The van der Waals surface area contributed by atoms with Gasteiger partial charge >= 0.3 is 5.97 Å². The van der Waals surface area contributed by atoms with Crippen LogP contribution in [0, 0.1) is 0 Å². The smallest absolute Gasteiger partial charge is 0.339 e. The fourth-order valence-corrected chi connectivity index (χ4v) is 2.69. The minimum atomic E-state index is -0.357. The van der Waals surface area contributed by atoms with E-state index in [-0.39, 0.29) is 5.97 Å². The summed E-state index contributed by atoms with van der Waals surface area (Å²) in [5, 5.41) is 3.27. The Labute approximate surface area is 149 Å². The Balaban J connectivity index is 1.82. The van der Waals surface area contributed by atoms with Gasteiger partial charge in [0, 0.05) is 10.2 Å². The maximum absolute atomic E-state index is 11.8. The molecule has 3 aromatic carbocycles. The predicted octanol–water partition coefficient (Wildman–Crippen LogP) is 5.65. The number of ether oxygens (including phenoxy) is 1. The number of para-hydroxylation sites is 1. The van der Waals surface area contributed by atoms with E-state index in [4.69, 9.17) is 4.74 Å². The van der Waals surface area contributed by atoms with Crippen LogP contribution in [-0.2, 0) is 4.74 Å². The normalized spacial score (nSPS) is 10.2. The largest absolute Gasteiger partial charge is 0.465 e. The van der Waals surface area contributed by atoms with E-state index in [1.807, 2.05) is 54.6 Å². The average molecular weight is 382 g/mol. The summed E-state index contributed by atoms with van der Waals surface area (Å²) in [5.74, 6) is -0.357. The summed E-state index contributed by atoms with van der Waals surface area (Å²) in [6.07, 6.45) is 0. The maximum atomic E-state index is 11.8. The van der Waals surface area contributed by atoms with Crippen LogP contribution in [0.2, 0.25) is 0 Å². The van der Waals surface area contributed by atoms with Crippen LogP contribution in [0.3, 0.4) is 0 Å². The first-order chi connectivity index (χ1) is 11.7. The van der Waals surface area contributed by atoms with Gasteiger partial charge in [0.25, 0.3) is 0 Å². The van der Waals surface area contributed by atoms with Crippen molar-refractivity contribution in [2.24, 2.45) is 0 Å². The van der Waals surface area contributed by atoms with E-state index in [0.717, 1.165) is 27.0 Å². The van der Waals surface area contributed by atoms with Crippen molar-refractivity contribution in [1.82, 2.24) is 0 Å². The Morgan fingerprint density at radius 2 is 1.46 bits per heavy atom. The average Bonchev–Trinajstić information content (AvgIpc) is 2.63. The third-order valence-corrected chi connectivity index (χ3v) is 4.20. The van der Waals surface area contributed by atoms with Gasteiger partial charge in [0.1, 0.15) is 0 Å². The second-order valence-electron chi connectivity index (χ2n) is 5.25. The van der Waals surface area contributed by atoms with Gasteiger partial charge in [-0.05, 0) is 47.5 Å². The fourth-order valence-electron chi connectivity index (χ4n) is 2.42. The van der Waals surface area contributed by atoms with Crippen molar-refractivity contribution in [3.63, 3.8) is 0 Å². The van der Waals surface area contributed by atoms with E-state index in [1.165, 1.54) is 7.11 Å². The number of anilines is 2. The lowest BCUT2D eigenvalue weighted by atomic mass is 10.1. The Morgan fingerprint density at radius 3 is 2.08 bits per heavy atom. The molecule has 0 heterocycles. The molecule has 0 atom stereocenters. The van der Waals surface area contributed by atoms with Crippen LogP contribution in [0.1, 0.15) is 10.4 Å². The molecule has 4 heteroatoms. The van der Waals surface area contributed by atoms with Crippen molar-refractivity contribution in [3.05, 3.63) is 82.8 Å². The number of methoxy groups -OCH3 is 1. The number of hydrogen-bond acceptors (Lipinski definition) is 3. The molecule has 0 aliphatic rings. The van der Waals surface area contributed by atoms with Crippen LogP contribution >= 0.6 is 15.9 Å². The zero-order valence-electron chi connectivity index (χ0n) is 13.1. The van der Waals surface area contributed by atoms with Crippen LogP contribution in [0.15, 0.2) is 77.3 Å². The van der Waals surface area contributed by atoms with Crippen molar-refractivity contribution in [1.29, 1.82) is 0 Å². The van der Waals surface area contributed by atoms with Gasteiger partial charge in [-0.2, -0.15) is 0 Å². The zero-order valence-corrected chi connectivity index (χ0v) is 14.7. The van der Waals surface area contributed by atoms with Crippen molar-refractivity contribution in [3.8, 4) is 11.1 Å². The highest BCUT2D eigenvalue weighted by atomic mass is 79.9. The van der Waals surface area contributed by atoms with Crippen molar-refractivity contribution >= 4 is 33.3 Å². The summed E-state index contributed by atoms with van der Waals surface area (Å²) in [7, 11) is 1.38. The van der Waals surface area contributed by atoms with Gasteiger partial charge in [-0.3, -0.25) is 0 Å². The molecule has 3 nitrogen and oxygen atoms in total. The van der Waals surface area contributed by atoms with Gasteiger partial charge in [0.15, 0.2) is 0 Å². The highest BCUT2D eigenvalue weighted by molar-refractivity contribution is 9.10. The molecule has 0 aromatic heterocycles. The Morgan fingerprint density at radius 1 is 0.875 bits per heavy atom. The number of benzene rings is 3. The monoisotopic (exact) mass is 381 g/mol. The van der Waals surface area contributed by atoms with E-state index in [2.05, 4.69) is 33.4 Å². The number of carbonyl (C=O) groups is 1. The third-order valence-electron chi connectivity index (χ3n) is 3.67. The summed E-state index contributed by atoms with van der Waals surface area (Å²) in [6, 6.07) is 23.5. The van der Waals surface area contributed by atoms with E-state index in [1.54, 1.807) is 6.07 Å². The highest BCUT2D eigenvalue weighted by Gasteiger charge is 2.10. The van der Waals surface area contributed by atoms with Gasteiger partial charge < -0.3 is 10.1 Å². The lowest BCUT2D eigenvalue weighted by Gasteiger charge is -2.11. The Hall–Kier alpha value is -2.59. The third kappa shape index (κ3) is 3.66. The molecule has 3 aromatic rings. The molecule has 0 radical (unpaired) electrons. The number of carbonyl (C=O) groups excluding carboxylic acids is 1. The first-order valence-electron chi connectivity index (χ1n) is 7.48. The Kier molecular flexibility index (Phi) is 4.96. The van der Waals surface area contributed by atoms with Crippen LogP contribution in [0.5, 0.6) is 0 Å². The first-order valence-corrected chi connectivity index (χ1v) is 8.27. The van der Waals surface area contributed by atoms with Crippen LogP contribution in [-0.4, -0.2) is 13.1 Å². The molecule has 0 unspecified atom stereocenters. The van der Waals surface area contributed by atoms with Gasteiger partial charge in [0.05, 0.1) is 18.4 Å². The quantitative estimate of drug-likeness (QED) is 0.593. The van der Waals surface area contributed by atoms with E-state index in [9.17, 15) is 4.79 Å². The van der Waals surface area contributed by atoms with Crippen molar-refractivity contribution < 1.29 is 9.53 Å². The van der Waals surface area contributed by atoms with Crippen LogP contribution in [0.25, 0.3) is 11.1 Å². The molecular weight excluding hydrogens is 366 g/mol. The molecule has 0 saturated carbocycles. The molecule has 0 amide bonds. The molecule has 0 spiro atoms. The SMILES string of the molecule is COC(=O)c1ccccc1Nc1ccc(-c2ccc(Br)cc2)cc1. The van der Waals surface area contributed by atoms with Gasteiger partial charge in [-0.15, -0.1) is 0 Å². The second-order valence-corrected chi connectivity index (χ2v) is 6.16. The molecule has 0 bridgehead atoms. The van der Waals surface area contributed by atoms with Gasteiger partial charge in [0.2, 0.25) is 0 Å². The lowest BCUT2D eigenvalue weighted by molar-refractivity contribution is 0.0602. The van der Waals surface area contributed by atoms with Crippen molar-refractivity contribution in [2.75, 3.05) is 12.4 Å². The second kappa shape index (κ2) is 7.32. The van der Waals surface area contributed by atoms with Crippen LogP contribution in [0.4, 0.5) is 11.4 Å². The maximum Gasteiger partial charge on any atom is 0.339 e. The summed E-state index contributed by atoms with van der Waals surface area (Å²) in [6.45, 7) is 0. The number of esters is 1. The molecule has 0 fully saturated rings. The molecule has 3 rings (SSSR count). The molecule has 120 valence electrons. The molecule has 1 N–H and O–H groups in total. The lowest BCUT2D eigenvalue weighted by Crippen LogP contribution is -2.05. The van der Waals surface area contributed by atoms with Crippen molar-refractivity contribution in [2.45, 2.75) is 0 Å². The zero-order chi connectivity index (χ0) is 16.9. The molecular formula is C20H16BrNO2. The Bertz CT molecular complexity index is 842. The summed E-state index contributed by atoms with van der Waals surface area (Å²) in [5.41, 5.74) is 4.43. The summed E-state index contributed by atoms with van der Waals surface area (Å²) in [4.78, 5) is 11.8. The molecule has 0 saturated heterocycles. The van der Waals surface area contributed by atoms with Gasteiger partial charge in [-0.25, -0.2) is 4.79 Å². The van der Waals surface area contributed by atoms with E-state index in [0.29, 0.717) is 5.56 Å².